The van der Waals surface area contributed by atoms with Gasteiger partial charge < -0.3 is 9.84 Å². The zero-order valence-electron chi connectivity index (χ0n) is 13.4. The number of Topliss-reactive ketones (excluding diaryl/α,β-unsaturated/α-hetero) is 1. The summed E-state index contributed by atoms with van der Waals surface area (Å²) < 4.78 is 6.08. The third kappa shape index (κ3) is 1.15. The monoisotopic (exact) mass is 302 g/mol. The van der Waals surface area contributed by atoms with Gasteiger partial charge in [-0.25, -0.2) is 0 Å². The van der Waals surface area contributed by atoms with Gasteiger partial charge in [0.2, 0.25) is 0 Å². The van der Waals surface area contributed by atoms with Crippen LogP contribution in [0.15, 0.2) is 0 Å². The highest BCUT2D eigenvalue weighted by Crippen LogP contribution is 2.81. The molecule has 2 saturated heterocycles. The van der Waals surface area contributed by atoms with Gasteiger partial charge in [-0.15, -0.1) is 0 Å². The zero-order valence-corrected chi connectivity index (χ0v) is 13.4. The molecule has 2 heterocycles. The topological polar surface area (TPSA) is 46.5 Å². The maximum atomic E-state index is 12.4. The standard InChI is InChI=1S/C19H26O3/c1-17-7-6-13-11(12(17)4-5-15(17)20)3-2-10-8-18(21)9-14-16(22-18)19(10,13)14/h10-14,16,21H,2-9H2,1H3/t10-,11-,12-,13-,14-,16-,17-,18-,19+/m0/s1. The average Bonchev–Trinajstić information content (AvgIpc) is 2.80. The van der Waals surface area contributed by atoms with Gasteiger partial charge in [-0.1, -0.05) is 6.92 Å². The molecule has 1 N–H and O–H groups in total. The van der Waals surface area contributed by atoms with Crippen LogP contribution >= 0.6 is 0 Å². The Kier molecular flexibility index (Phi) is 2.05. The molecule has 120 valence electrons. The Morgan fingerprint density at radius 3 is 2.73 bits per heavy atom. The van der Waals surface area contributed by atoms with Gasteiger partial charge >= 0.3 is 0 Å². The molecule has 9 atom stereocenters. The maximum Gasteiger partial charge on any atom is 0.166 e. The minimum Gasteiger partial charge on any atom is -0.365 e. The number of rotatable bonds is 0. The lowest BCUT2D eigenvalue weighted by molar-refractivity contribution is -0.269. The van der Waals surface area contributed by atoms with Gasteiger partial charge in [-0.3, -0.25) is 4.79 Å². The summed E-state index contributed by atoms with van der Waals surface area (Å²) >= 11 is 0. The first-order valence-electron chi connectivity index (χ1n) is 9.42. The lowest BCUT2D eigenvalue weighted by atomic mass is 9.48. The molecule has 2 aliphatic heterocycles. The predicted octanol–water partition coefficient (Wildman–Crippen LogP) is 2.91. The van der Waals surface area contributed by atoms with Gasteiger partial charge in [0.15, 0.2) is 5.79 Å². The lowest BCUT2D eigenvalue weighted by Crippen LogP contribution is -2.55. The van der Waals surface area contributed by atoms with E-state index in [0.29, 0.717) is 35.1 Å². The first kappa shape index (κ1) is 12.9. The summed E-state index contributed by atoms with van der Waals surface area (Å²) in [5.41, 5.74) is 0.394. The number of aliphatic hydroxyl groups is 1. The van der Waals surface area contributed by atoms with E-state index in [9.17, 15) is 9.90 Å². The van der Waals surface area contributed by atoms with E-state index < -0.39 is 5.79 Å². The van der Waals surface area contributed by atoms with Crippen LogP contribution in [-0.4, -0.2) is 22.8 Å². The van der Waals surface area contributed by atoms with Crippen LogP contribution in [0.3, 0.4) is 0 Å². The number of ether oxygens (including phenoxy) is 1. The minimum atomic E-state index is -0.777. The van der Waals surface area contributed by atoms with Crippen molar-refractivity contribution >= 4 is 5.78 Å². The van der Waals surface area contributed by atoms with Crippen LogP contribution in [0.1, 0.15) is 58.3 Å². The Hall–Kier alpha value is -0.410. The van der Waals surface area contributed by atoms with Gasteiger partial charge in [0.25, 0.3) is 0 Å². The molecule has 0 radical (unpaired) electrons. The fourth-order valence-electron chi connectivity index (χ4n) is 8.41. The molecule has 1 spiro atoms. The second-order valence-corrected chi connectivity index (χ2v) is 9.57. The average molecular weight is 302 g/mol. The van der Waals surface area contributed by atoms with E-state index in [0.717, 1.165) is 43.9 Å². The van der Waals surface area contributed by atoms with Crippen molar-refractivity contribution in [3.05, 3.63) is 0 Å². The number of carbonyl (C=O) groups excluding carboxylic acids is 1. The van der Waals surface area contributed by atoms with Crippen LogP contribution in [0.5, 0.6) is 0 Å². The third-order valence-electron chi connectivity index (χ3n) is 9.19. The summed E-state index contributed by atoms with van der Waals surface area (Å²) in [6.45, 7) is 2.26. The van der Waals surface area contributed by atoms with Crippen molar-refractivity contribution in [3.63, 3.8) is 0 Å². The van der Waals surface area contributed by atoms with Gasteiger partial charge in [0.1, 0.15) is 5.78 Å². The van der Waals surface area contributed by atoms with E-state index in [2.05, 4.69) is 6.92 Å². The van der Waals surface area contributed by atoms with Crippen molar-refractivity contribution in [2.24, 2.45) is 40.4 Å². The molecular formula is C19H26O3. The van der Waals surface area contributed by atoms with Crippen LogP contribution in [0.2, 0.25) is 0 Å². The highest BCUT2D eigenvalue weighted by Gasteiger charge is 2.83. The lowest BCUT2D eigenvalue weighted by Gasteiger charge is -2.57. The van der Waals surface area contributed by atoms with Crippen molar-refractivity contribution < 1.29 is 14.6 Å². The van der Waals surface area contributed by atoms with Crippen molar-refractivity contribution in [2.75, 3.05) is 0 Å². The van der Waals surface area contributed by atoms with E-state index in [1.54, 1.807) is 0 Å². The Bertz CT molecular complexity index is 571. The summed E-state index contributed by atoms with van der Waals surface area (Å²) in [7, 11) is 0. The van der Waals surface area contributed by atoms with E-state index in [1.807, 2.05) is 0 Å². The molecule has 3 nitrogen and oxygen atoms in total. The summed E-state index contributed by atoms with van der Waals surface area (Å²) in [4.78, 5) is 12.4. The smallest absolute Gasteiger partial charge is 0.166 e. The van der Waals surface area contributed by atoms with Crippen LogP contribution in [-0.2, 0) is 9.53 Å². The Morgan fingerprint density at radius 1 is 1.09 bits per heavy atom. The first-order chi connectivity index (χ1) is 10.5. The number of ketones is 1. The largest absolute Gasteiger partial charge is 0.365 e. The molecule has 0 aromatic heterocycles. The molecule has 0 aromatic rings. The molecule has 5 aliphatic carbocycles. The van der Waals surface area contributed by atoms with Gasteiger partial charge in [0.05, 0.1) is 6.10 Å². The quantitative estimate of drug-likeness (QED) is 0.748. The molecule has 7 fully saturated rings. The van der Waals surface area contributed by atoms with Crippen LogP contribution < -0.4 is 0 Å². The summed E-state index contributed by atoms with van der Waals surface area (Å²) in [5.74, 6) is 3.25. The summed E-state index contributed by atoms with van der Waals surface area (Å²) in [6, 6.07) is 0. The van der Waals surface area contributed by atoms with Gasteiger partial charge in [-0.2, -0.15) is 0 Å². The molecule has 5 saturated carbocycles. The number of fused-ring (bicyclic) bond motifs is 3. The molecule has 22 heavy (non-hydrogen) atoms. The number of carbonyl (C=O) groups is 1. The Morgan fingerprint density at radius 2 is 1.95 bits per heavy atom. The molecular weight excluding hydrogens is 276 g/mol. The molecule has 0 amide bonds. The molecule has 4 bridgehead atoms. The van der Waals surface area contributed by atoms with Crippen molar-refractivity contribution in [1.29, 1.82) is 0 Å². The molecule has 0 aromatic carbocycles. The minimum absolute atomic E-state index is 0.00902. The third-order valence-corrected chi connectivity index (χ3v) is 9.19. The van der Waals surface area contributed by atoms with Crippen LogP contribution in [0.25, 0.3) is 0 Å². The van der Waals surface area contributed by atoms with Gasteiger partial charge in [0, 0.05) is 30.1 Å². The fourth-order valence-corrected chi connectivity index (χ4v) is 8.41. The molecule has 0 unspecified atom stereocenters. The van der Waals surface area contributed by atoms with E-state index in [-0.39, 0.29) is 5.41 Å². The summed E-state index contributed by atoms with van der Waals surface area (Å²) in [6.07, 6.45) is 8.97. The normalized spacial score (nSPS) is 67.5. The Balaban J connectivity index is 1.40. The second kappa shape index (κ2) is 3.49. The SMILES string of the molecule is C[C@]12CC[C@H]3[C@@H](CC[C@H]4C[C@@]5(O)C[C@H]6[C@H](O5)[C@]436)[C@@H]1CCC2=O. The van der Waals surface area contributed by atoms with E-state index >= 15 is 0 Å². The van der Waals surface area contributed by atoms with Crippen molar-refractivity contribution in [1.82, 2.24) is 0 Å². The highest BCUT2D eigenvalue weighted by atomic mass is 16.6. The van der Waals surface area contributed by atoms with E-state index in [4.69, 9.17) is 4.74 Å². The number of hydrogen-bond donors (Lipinski definition) is 1. The van der Waals surface area contributed by atoms with Gasteiger partial charge in [-0.05, 0) is 61.7 Å². The van der Waals surface area contributed by atoms with Crippen LogP contribution in [0.4, 0.5) is 0 Å². The second-order valence-electron chi connectivity index (χ2n) is 9.57. The molecule has 3 heteroatoms. The molecule has 7 rings (SSSR count). The highest BCUT2D eigenvalue weighted by molar-refractivity contribution is 5.87. The van der Waals surface area contributed by atoms with Crippen molar-refractivity contribution in [2.45, 2.75) is 70.2 Å². The van der Waals surface area contributed by atoms with Crippen LogP contribution in [0, 0.1) is 40.4 Å². The van der Waals surface area contributed by atoms with E-state index in [1.165, 1.54) is 19.3 Å². The zero-order chi connectivity index (χ0) is 14.9. The first-order valence-corrected chi connectivity index (χ1v) is 9.42. The summed E-state index contributed by atoms with van der Waals surface area (Å²) in [5, 5.41) is 10.5. The predicted molar refractivity (Wildman–Crippen MR) is 79.8 cm³/mol. The Labute approximate surface area is 131 Å². The number of hydrogen-bond acceptors (Lipinski definition) is 3. The molecule has 7 aliphatic rings. The maximum absolute atomic E-state index is 12.4. The fraction of sp³-hybridized carbons (Fsp3) is 0.947. The van der Waals surface area contributed by atoms with Crippen molar-refractivity contribution in [3.8, 4) is 0 Å².